The van der Waals surface area contributed by atoms with Gasteiger partial charge in [0.05, 0.1) is 18.8 Å². The molecule has 0 saturated carbocycles. The molecule has 2 aromatic rings. The number of rotatable bonds is 7. The van der Waals surface area contributed by atoms with Gasteiger partial charge in [0.15, 0.2) is 17.5 Å². The molecule has 2 aromatic carbocycles. The molecule has 2 aliphatic heterocycles. The third kappa shape index (κ3) is 6.52. The lowest BCUT2D eigenvalue weighted by Crippen LogP contribution is -2.56. The Balaban J connectivity index is 1.24. The molecule has 6 nitrogen and oxygen atoms in total. The average molecular weight is 519 g/mol. The van der Waals surface area contributed by atoms with Gasteiger partial charge < -0.3 is 24.7 Å². The molecule has 2 saturated heterocycles. The molecule has 1 amide bonds. The number of carbonyl (C=O) groups is 1. The van der Waals surface area contributed by atoms with Gasteiger partial charge in [-0.2, -0.15) is 0 Å². The van der Waals surface area contributed by atoms with Gasteiger partial charge >= 0.3 is 0 Å². The van der Waals surface area contributed by atoms with Gasteiger partial charge in [0.1, 0.15) is 5.75 Å². The summed E-state index contributed by atoms with van der Waals surface area (Å²) in [7, 11) is 1.65. The van der Waals surface area contributed by atoms with Crippen LogP contribution in [0.15, 0.2) is 42.5 Å². The molecular weight excluding hydrogens is 485 g/mol. The maximum Gasteiger partial charge on any atom is 0.246 e. The normalized spacial score (nSPS) is 19.8. The molecule has 9 heteroatoms. The number of benzene rings is 2. The topological polar surface area (TPSA) is 73.2 Å². The van der Waals surface area contributed by atoms with E-state index in [4.69, 9.17) is 4.74 Å². The number of halogens is 3. The second-order valence-corrected chi connectivity index (χ2v) is 9.92. The minimum atomic E-state index is -1.56. The van der Waals surface area contributed by atoms with Crippen molar-refractivity contribution in [2.45, 2.75) is 43.3 Å². The fraction of sp³-hybridized carbons (Fsp3) is 0.464. The summed E-state index contributed by atoms with van der Waals surface area (Å²) >= 11 is 0. The molecule has 4 rings (SSSR count). The number of aliphatic hydroxyl groups is 2. The van der Waals surface area contributed by atoms with Crippen LogP contribution in [0.1, 0.15) is 42.7 Å². The molecular formula is C28H33F3N2O4. The van der Waals surface area contributed by atoms with E-state index in [0.717, 1.165) is 43.8 Å². The zero-order valence-electron chi connectivity index (χ0n) is 20.9. The fourth-order valence-corrected chi connectivity index (χ4v) is 5.13. The van der Waals surface area contributed by atoms with Gasteiger partial charge in [0, 0.05) is 25.7 Å². The zero-order chi connectivity index (χ0) is 26.6. The van der Waals surface area contributed by atoms with E-state index >= 15 is 0 Å². The van der Waals surface area contributed by atoms with E-state index in [-0.39, 0.29) is 37.4 Å². The maximum absolute atomic E-state index is 13.4. The lowest BCUT2D eigenvalue weighted by molar-refractivity contribution is -0.140. The first-order chi connectivity index (χ1) is 17.7. The highest BCUT2D eigenvalue weighted by Crippen LogP contribution is 2.31. The number of ether oxygens (including phenoxy) is 1. The van der Waals surface area contributed by atoms with E-state index < -0.39 is 29.2 Å². The van der Waals surface area contributed by atoms with Crippen LogP contribution in [0, 0.1) is 17.5 Å². The van der Waals surface area contributed by atoms with Crippen molar-refractivity contribution in [2.75, 3.05) is 39.8 Å². The van der Waals surface area contributed by atoms with Crippen molar-refractivity contribution in [3.63, 3.8) is 0 Å². The molecule has 2 heterocycles. The zero-order valence-corrected chi connectivity index (χ0v) is 20.9. The van der Waals surface area contributed by atoms with Gasteiger partial charge in [0.2, 0.25) is 5.91 Å². The summed E-state index contributed by atoms with van der Waals surface area (Å²) in [4.78, 5) is 16.2. The van der Waals surface area contributed by atoms with Crippen molar-refractivity contribution < 1.29 is 32.9 Å². The maximum atomic E-state index is 13.4. The van der Waals surface area contributed by atoms with Crippen molar-refractivity contribution in [2.24, 2.45) is 0 Å². The monoisotopic (exact) mass is 518 g/mol. The molecule has 0 aliphatic carbocycles. The van der Waals surface area contributed by atoms with E-state index in [9.17, 15) is 28.2 Å². The second kappa shape index (κ2) is 11.7. The van der Waals surface area contributed by atoms with Crippen molar-refractivity contribution in [1.29, 1.82) is 0 Å². The number of piperidine rings is 2. The van der Waals surface area contributed by atoms with Gasteiger partial charge in [-0.05, 0) is 86.2 Å². The first-order valence-electron chi connectivity index (χ1n) is 12.6. The Kier molecular flexibility index (Phi) is 8.56. The number of nitrogens with zero attached hydrogens (tertiary/aromatic N) is 2. The minimum Gasteiger partial charge on any atom is -0.497 e. The average Bonchev–Trinajstić information content (AvgIpc) is 2.91. The molecule has 2 N–H and O–H groups in total. The summed E-state index contributed by atoms with van der Waals surface area (Å²) in [5, 5.41) is 21.9. The van der Waals surface area contributed by atoms with Crippen LogP contribution in [0.3, 0.4) is 0 Å². The summed E-state index contributed by atoms with van der Waals surface area (Å²) in [5.41, 5.74) is 0.0150. The van der Waals surface area contributed by atoms with Crippen LogP contribution in [-0.4, -0.2) is 77.5 Å². The van der Waals surface area contributed by atoms with E-state index in [1.54, 1.807) is 7.11 Å². The molecule has 0 radical (unpaired) electrons. The Morgan fingerprint density at radius 2 is 1.68 bits per heavy atom. The summed E-state index contributed by atoms with van der Waals surface area (Å²) in [6, 6.07) is 9.75. The van der Waals surface area contributed by atoms with Crippen molar-refractivity contribution in [3.8, 4) is 5.75 Å². The summed E-state index contributed by atoms with van der Waals surface area (Å²) in [6.07, 6.45) is 3.81. The minimum absolute atomic E-state index is 0.0319. The Morgan fingerprint density at radius 1 is 1.08 bits per heavy atom. The number of carbonyl (C=O) groups excluding carboxylic acids is 1. The van der Waals surface area contributed by atoms with Crippen molar-refractivity contribution in [3.05, 3.63) is 71.1 Å². The largest absolute Gasteiger partial charge is 0.497 e. The van der Waals surface area contributed by atoms with E-state index in [1.807, 2.05) is 12.1 Å². The highest BCUT2D eigenvalue weighted by atomic mass is 19.2. The van der Waals surface area contributed by atoms with E-state index in [2.05, 4.69) is 17.0 Å². The molecule has 0 bridgehead atoms. The Hall–Kier alpha value is -2.88. The number of hydrogen-bond donors (Lipinski definition) is 2. The van der Waals surface area contributed by atoms with Crippen LogP contribution in [0.5, 0.6) is 5.75 Å². The summed E-state index contributed by atoms with van der Waals surface area (Å²) < 4.78 is 45.1. The number of aliphatic hydroxyl groups excluding tert-OH is 1. The van der Waals surface area contributed by atoms with E-state index in [0.29, 0.717) is 12.5 Å². The third-order valence-electron chi connectivity index (χ3n) is 7.59. The smallest absolute Gasteiger partial charge is 0.246 e. The Morgan fingerprint density at radius 3 is 2.24 bits per heavy atom. The van der Waals surface area contributed by atoms with Crippen LogP contribution in [0.25, 0.3) is 6.08 Å². The van der Waals surface area contributed by atoms with Gasteiger partial charge in [-0.15, -0.1) is 0 Å². The van der Waals surface area contributed by atoms with Crippen LogP contribution in [0.4, 0.5) is 13.2 Å². The van der Waals surface area contributed by atoms with Crippen molar-refractivity contribution >= 4 is 12.0 Å². The predicted molar refractivity (Wildman–Crippen MR) is 134 cm³/mol. The number of methoxy groups -OCH3 is 1. The van der Waals surface area contributed by atoms with Crippen molar-refractivity contribution in [1.82, 2.24) is 9.80 Å². The molecule has 2 aliphatic rings. The number of hydrogen-bond acceptors (Lipinski definition) is 5. The molecule has 1 unspecified atom stereocenters. The van der Waals surface area contributed by atoms with E-state index in [1.165, 1.54) is 22.6 Å². The molecule has 1 atom stereocenters. The molecule has 0 spiro atoms. The fourth-order valence-electron chi connectivity index (χ4n) is 5.13. The summed E-state index contributed by atoms with van der Waals surface area (Å²) in [6.45, 7) is 2.49. The standard InChI is InChI=1S/C28H33F3N2O4/c1-37-22-5-3-20(4-6-22)21-8-12-32(13-9-21)18-25(34)28(36)10-14-33(15-11-28)26(35)7-2-19-16-23(29)27(31)24(30)17-19/h2-7,16-17,21,25,34,36H,8-15,18H2,1H3/b7-2+. The number of β-amino-alcohol motifs (C(OH)–C–C–N with tert-alkyl or cyclic N) is 1. The van der Waals surface area contributed by atoms with Crippen LogP contribution >= 0.6 is 0 Å². The van der Waals surface area contributed by atoms with Gasteiger partial charge in [-0.25, -0.2) is 13.2 Å². The summed E-state index contributed by atoms with van der Waals surface area (Å²) in [5.74, 6) is -3.31. The lowest BCUT2D eigenvalue weighted by Gasteiger charge is -2.43. The molecule has 0 aromatic heterocycles. The van der Waals surface area contributed by atoms with Crippen LogP contribution < -0.4 is 4.74 Å². The Bertz CT molecular complexity index is 1090. The molecule has 37 heavy (non-hydrogen) atoms. The number of likely N-dealkylation sites (tertiary alicyclic amines) is 2. The SMILES string of the molecule is COc1ccc(C2CCN(CC(O)C3(O)CCN(C(=O)/C=C/c4cc(F)c(F)c(F)c4)CC3)CC2)cc1. The Labute approximate surface area is 215 Å². The van der Waals surface area contributed by atoms with Gasteiger partial charge in [-0.3, -0.25) is 4.79 Å². The van der Waals surface area contributed by atoms with Crippen LogP contribution in [0.2, 0.25) is 0 Å². The van der Waals surface area contributed by atoms with Crippen LogP contribution in [-0.2, 0) is 4.79 Å². The number of amides is 1. The quantitative estimate of drug-likeness (QED) is 0.432. The predicted octanol–water partition coefficient (Wildman–Crippen LogP) is 3.72. The molecule has 2 fully saturated rings. The first kappa shape index (κ1) is 27.2. The first-order valence-corrected chi connectivity index (χ1v) is 12.6. The molecule has 200 valence electrons. The lowest BCUT2D eigenvalue weighted by atomic mass is 9.84. The highest BCUT2D eigenvalue weighted by Gasteiger charge is 2.40. The highest BCUT2D eigenvalue weighted by molar-refractivity contribution is 5.91. The van der Waals surface area contributed by atoms with Gasteiger partial charge in [0.25, 0.3) is 0 Å². The second-order valence-electron chi connectivity index (χ2n) is 9.92. The van der Waals surface area contributed by atoms with Gasteiger partial charge in [-0.1, -0.05) is 12.1 Å². The third-order valence-corrected chi connectivity index (χ3v) is 7.59.